The van der Waals surface area contributed by atoms with E-state index in [0.717, 1.165) is 16.6 Å². The summed E-state index contributed by atoms with van der Waals surface area (Å²) < 4.78 is 10.0. The van der Waals surface area contributed by atoms with Crippen LogP contribution in [0.2, 0.25) is 0 Å². The van der Waals surface area contributed by atoms with Crippen LogP contribution in [-0.4, -0.2) is 27.2 Å². The molecule has 0 aromatic carbocycles. The Balaban J connectivity index is 2.38. The molecule has 1 heterocycles. The van der Waals surface area contributed by atoms with Crippen LogP contribution in [-0.2, 0) is 16.0 Å². The Morgan fingerprint density at radius 1 is 1.56 bits per heavy atom. The van der Waals surface area contributed by atoms with Gasteiger partial charge in [0.25, 0.3) is 0 Å². The zero-order valence-corrected chi connectivity index (χ0v) is 11.4. The first kappa shape index (κ1) is 13.4. The zero-order valence-electron chi connectivity index (χ0n) is 9.73. The second-order valence-electron chi connectivity index (χ2n) is 3.27. The lowest BCUT2D eigenvalue weighted by molar-refractivity contribution is -0.142. The fourth-order valence-electron chi connectivity index (χ4n) is 1.10. The number of esters is 1. The highest BCUT2D eigenvalue weighted by atomic mass is 32.2. The lowest BCUT2D eigenvalue weighted by Gasteiger charge is -2.07. The van der Waals surface area contributed by atoms with Crippen LogP contribution in [0.25, 0.3) is 0 Å². The van der Waals surface area contributed by atoms with Crippen molar-refractivity contribution in [1.82, 2.24) is 9.36 Å². The van der Waals surface area contributed by atoms with Crippen molar-refractivity contribution < 1.29 is 9.53 Å². The largest absolute Gasteiger partial charge is 0.466 e. The highest BCUT2D eigenvalue weighted by Gasteiger charge is 2.13. The van der Waals surface area contributed by atoms with Crippen LogP contribution in [0.15, 0.2) is 4.34 Å². The molecule has 0 aliphatic heterocycles. The van der Waals surface area contributed by atoms with Gasteiger partial charge in [0.05, 0.1) is 13.0 Å². The lowest BCUT2D eigenvalue weighted by atomic mass is 10.3. The van der Waals surface area contributed by atoms with Gasteiger partial charge in [0, 0.05) is 11.7 Å². The molecular weight excluding hydrogens is 244 g/mol. The molecule has 1 atom stereocenters. The first-order chi connectivity index (χ1) is 7.65. The number of nitrogens with zero attached hydrogens (tertiary/aromatic N) is 2. The molecule has 0 bridgehead atoms. The minimum absolute atomic E-state index is 0.150. The van der Waals surface area contributed by atoms with E-state index in [-0.39, 0.29) is 11.2 Å². The third kappa shape index (κ3) is 4.49. The number of thioether (sulfide) groups is 1. The van der Waals surface area contributed by atoms with Gasteiger partial charge >= 0.3 is 5.97 Å². The van der Waals surface area contributed by atoms with Crippen LogP contribution >= 0.6 is 23.3 Å². The molecule has 0 N–H and O–H groups in total. The fraction of sp³-hybridized carbons (Fsp3) is 0.700. The topological polar surface area (TPSA) is 52.1 Å². The molecule has 6 heteroatoms. The van der Waals surface area contributed by atoms with E-state index < -0.39 is 0 Å². The van der Waals surface area contributed by atoms with Crippen molar-refractivity contribution in [1.29, 1.82) is 0 Å². The van der Waals surface area contributed by atoms with Crippen molar-refractivity contribution in [3.8, 4) is 0 Å². The minimum atomic E-state index is -0.150. The third-order valence-corrected chi connectivity index (χ3v) is 3.75. The van der Waals surface area contributed by atoms with E-state index >= 15 is 0 Å². The Bertz CT molecular complexity index is 341. The predicted molar refractivity (Wildman–Crippen MR) is 65.9 cm³/mol. The highest BCUT2D eigenvalue weighted by Crippen LogP contribution is 2.26. The summed E-state index contributed by atoms with van der Waals surface area (Å²) in [7, 11) is 0. The van der Waals surface area contributed by atoms with Gasteiger partial charge in [0.1, 0.15) is 5.82 Å². The molecule has 0 radical (unpaired) electrons. The molecule has 1 unspecified atom stereocenters. The maximum absolute atomic E-state index is 11.2. The first-order valence-corrected chi connectivity index (χ1v) is 6.95. The van der Waals surface area contributed by atoms with Gasteiger partial charge < -0.3 is 4.74 Å². The average molecular weight is 260 g/mol. The van der Waals surface area contributed by atoms with E-state index in [9.17, 15) is 4.79 Å². The monoisotopic (exact) mass is 260 g/mol. The van der Waals surface area contributed by atoms with Gasteiger partial charge in [-0.1, -0.05) is 25.6 Å². The Morgan fingerprint density at radius 2 is 2.31 bits per heavy atom. The summed E-state index contributed by atoms with van der Waals surface area (Å²) in [6, 6.07) is 0. The molecule has 0 aliphatic carbocycles. The van der Waals surface area contributed by atoms with Gasteiger partial charge in [-0.05, 0) is 18.5 Å². The number of carbonyl (C=O) groups is 1. The third-order valence-electron chi connectivity index (χ3n) is 1.83. The molecule has 0 saturated carbocycles. The Hall–Kier alpha value is -0.620. The van der Waals surface area contributed by atoms with Gasteiger partial charge in [-0.3, -0.25) is 4.79 Å². The second-order valence-corrected chi connectivity index (χ2v) is 5.71. The van der Waals surface area contributed by atoms with Gasteiger partial charge in [0.15, 0.2) is 4.34 Å². The van der Waals surface area contributed by atoms with E-state index in [1.807, 2.05) is 20.8 Å². The van der Waals surface area contributed by atoms with E-state index in [2.05, 4.69) is 9.36 Å². The number of ether oxygens (including phenoxy) is 1. The minimum Gasteiger partial charge on any atom is -0.466 e. The summed E-state index contributed by atoms with van der Waals surface area (Å²) >= 11 is 2.97. The molecule has 16 heavy (non-hydrogen) atoms. The number of hydrogen-bond acceptors (Lipinski definition) is 6. The molecule has 0 spiro atoms. The summed E-state index contributed by atoms with van der Waals surface area (Å²) in [5, 5.41) is 0.178. The molecule has 90 valence electrons. The lowest BCUT2D eigenvalue weighted by Crippen LogP contribution is -2.10. The van der Waals surface area contributed by atoms with Crippen molar-refractivity contribution >= 4 is 29.3 Å². The van der Waals surface area contributed by atoms with Crippen LogP contribution in [0.5, 0.6) is 0 Å². The molecule has 4 nitrogen and oxygen atoms in total. The van der Waals surface area contributed by atoms with Gasteiger partial charge in [-0.2, -0.15) is 4.37 Å². The molecule has 0 amide bonds. The molecule has 1 aromatic rings. The van der Waals surface area contributed by atoms with Crippen LogP contribution in [0.1, 0.15) is 33.0 Å². The predicted octanol–water partition coefficient (Wildman–Crippen LogP) is 2.53. The molecule has 0 saturated heterocycles. The Kier molecular flexibility index (Phi) is 5.76. The van der Waals surface area contributed by atoms with E-state index in [0.29, 0.717) is 13.0 Å². The quantitative estimate of drug-likeness (QED) is 0.581. The van der Waals surface area contributed by atoms with Gasteiger partial charge in [-0.25, -0.2) is 4.98 Å². The Labute approximate surface area is 104 Å². The van der Waals surface area contributed by atoms with E-state index in [1.54, 1.807) is 11.8 Å². The van der Waals surface area contributed by atoms with E-state index in [4.69, 9.17) is 4.74 Å². The number of rotatable bonds is 6. The highest BCUT2D eigenvalue weighted by molar-refractivity contribution is 8.01. The van der Waals surface area contributed by atoms with Crippen molar-refractivity contribution in [2.24, 2.45) is 0 Å². The maximum atomic E-state index is 11.2. The normalized spacial score (nSPS) is 12.4. The fourth-order valence-corrected chi connectivity index (χ4v) is 3.10. The smallest absolute Gasteiger partial charge is 0.306 e. The van der Waals surface area contributed by atoms with Crippen molar-refractivity contribution in [2.75, 3.05) is 6.61 Å². The van der Waals surface area contributed by atoms with Crippen LogP contribution in [0, 0.1) is 0 Å². The second kappa shape index (κ2) is 6.85. The molecular formula is C10H16N2O2S2. The summed E-state index contributed by atoms with van der Waals surface area (Å²) in [5.41, 5.74) is 0. The molecule has 1 rings (SSSR count). The molecule has 1 aromatic heterocycles. The number of aromatic nitrogens is 2. The summed E-state index contributed by atoms with van der Waals surface area (Å²) in [5.74, 6) is 0.721. The van der Waals surface area contributed by atoms with Crippen molar-refractivity contribution in [3.63, 3.8) is 0 Å². The molecule has 0 fully saturated rings. The molecule has 0 aliphatic rings. The van der Waals surface area contributed by atoms with Crippen molar-refractivity contribution in [2.45, 2.75) is 43.2 Å². The number of carbonyl (C=O) groups excluding carboxylic acids is 1. The van der Waals surface area contributed by atoms with Crippen LogP contribution in [0.3, 0.4) is 0 Å². The first-order valence-electron chi connectivity index (χ1n) is 5.30. The average Bonchev–Trinajstić information content (AvgIpc) is 2.65. The maximum Gasteiger partial charge on any atom is 0.306 e. The number of hydrogen-bond donors (Lipinski definition) is 0. The standard InChI is InChI=1S/C10H16N2O2S2/c1-4-8-11-10(16-12-8)15-7(3)6-9(13)14-5-2/h7H,4-6H2,1-3H3. The van der Waals surface area contributed by atoms with Crippen LogP contribution < -0.4 is 0 Å². The zero-order chi connectivity index (χ0) is 12.0. The summed E-state index contributed by atoms with van der Waals surface area (Å²) in [4.78, 5) is 15.6. The number of aryl methyl sites for hydroxylation is 1. The van der Waals surface area contributed by atoms with Gasteiger partial charge in [0.2, 0.25) is 0 Å². The summed E-state index contributed by atoms with van der Waals surface area (Å²) in [6.45, 7) is 6.27. The SMILES string of the molecule is CCOC(=O)CC(C)Sc1nc(CC)ns1. The Morgan fingerprint density at radius 3 is 2.88 bits per heavy atom. The van der Waals surface area contributed by atoms with Gasteiger partial charge in [-0.15, -0.1) is 0 Å². The summed E-state index contributed by atoms with van der Waals surface area (Å²) in [6.07, 6.45) is 1.27. The van der Waals surface area contributed by atoms with E-state index in [1.165, 1.54) is 11.5 Å². The van der Waals surface area contributed by atoms with Crippen LogP contribution in [0.4, 0.5) is 0 Å². The van der Waals surface area contributed by atoms with Crippen molar-refractivity contribution in [3.05, 3.63) is 5.82 Å².